The average Bonchev–Trinajstić information content (AvgIpc) is 3.14. The Kier molecular flexibility index (Phi) is 7.42. The number of nitrogens with zero attached hydrogens (tertiary/aromatic N) is 1. The van der Waals surface area contributed by atoms with Crippen molar-refractivity contribution in [3.8, 4) is 5.75 Å². The van der Waals surface area contributed by atoms with Crippen LogP contribution in [0.25, 0.3) is 10.9 Å². The summed E-state index contributed by atoms with van der Waals surface area (Å²) in [6, 6.07) is 14.9. The fraction of sp³-hybridized carbons (Fsp3) is 0.190. The molecule has 0 bridgehead atoms. The van der Waals surface area contributed by atoms with E-state index in [-0.39, 0.29) is 17.6 Å². The molecular weight excluding hydrogens is 468 g/mol. The highest BCUT2D eigenvalue weighted by Crippen LogP contribution is 2.23. The van der Waals surface area contributed by atoms with Gasteiger partial charge in [0.05, 0.1) is 12.2 Å². The molecule has 9 heteroatoms. The van der Waals surface area contributed by atoms with Crippen LogP contribution in [0, 0.1) is 0 Å². The van der Waals surface area contributed by atoms with Gasteiger partial charge in [0.1, 0.15) is 12.3 Å². The summed E-state index contributed by atoms with van der Waals surface area (Å²) in [6.07, 6.45) is 2.66. The van der Waals surface area contributed by atoms with Crippen molar-refractivity contribution in [1.29, 1.82) is 0 Å². The molecule has 0 saturated carbocycles. The lowest BCUT2D eigenvalue weighted by Crippen LogP contribution is -2.49. The van der Waals surface area contributed by atoms with E-state index < -0.39 is 5.91 Å². The van der Waals surface area contributed by atoms with E-state index in [1.165, 1.54) is 0 Å². The molecule has 0 aliphatic rings. The van der Waals surface area contributed by atoms with Crippen molar-refractivity contribution in [2.75, 3.05) is 6.61 Å². The Labute approximate surface area is 187 Å². The maximum absolute atomic E-state index is 12.6. The van der Waals surface area contributed by atoms with Crippen LogP contribution in [-0.4, -0.2) is 28.1 Å². The van der Waals surface area contributed by atoms with Crippen LogP contribution in [0.5, 0.6) is 5.75 Å². The lowest BCUT2D eigenvalue weighted by atomic mass is 10.2. The first kappa shape index (κ1) is 21.8. The Morgan fingerprint density at radius 2 is 1.93 bits per heavy atom. The molecular formula is C21H21BrN4O3S. The smallest absolute Gasteiger partial charge is 0.261 e. The minimum atomic E-state index is -0.439. The molecule has 2 aromatic carbocycles. The number of halogens is 1. The summed E-state index contributed by atoms with van der Waals surface area (Å²) in [5.74, 6) is -0.281. The monoisotopic (exact) mass is 488 g/mol. The number of benzene rings is 2. The van der Waals surface area contributed by atoms with Crippen LogP contribution in [-0.2, 0) is 11.3 Å². The number of rotatable bonds is 6. The number of fused-ring (bicyclic) bond motifs is 1. The van der Waals surface area contributed by atoms with Gasteiger partial charge < -0.3 is 9.30 Å². The van der Waals surface area contributed by atoms with Crippen LogP contribution in [0.15, 0.2) is 59.2 Å². The first-order chi connectivity index (χ1) is 14.5. The molecule has 3 N–H and O–H groups in total. The molecule has 1 heterocycles. The highest BCUT2D eigenvalue weighted by Gasteiger charge is 2.15. The Balaban J connectivity index is 1.55. The number of amides is 2. The molecule has 0 aliphatic heterocycles. The summed E-state index contributed by atoms with van der Waals surface area (Å²) in [4.78, 5) is 24.8. The standard InChI is InChI=1S/C21H21BrN4O3S/c1-2-11-29-18-8-7-15(22)12-16(18)20(28)23-21(30)25-24-19(27)13-26-10-9-14-5-3-4-6-17(14)26/h3-10,12H,2,11,13H2,1H3,(H,24,27)(H2,23,25,28,30). The van der Waals surface area contributed by atoms with E-state index in [4.69, 9.17) is 17.0 Å². The molecule has 0 spiro atoms. The first-order valence-corrected chi connectivity index (χ1v) is 10.5. The molecule has 2 amide bonds. The Morgan fingerprint density at radius 1 is 1.13 bits per heavy atom. The Bertz CT molecular complexity index is 1080. The summed E-state index contributed by atoms with van der Waals surface area (Å²) in [7, 11) is 0. The lowest BCUT2D eigenvalue weighted by Gasteiger charge is -2.14. The summed E-state index contributed by atoms with van der Waals surface area (Å²) >= 11 is 8.47. The summed E-state index contributed by atoms with van der Waals surface area (Å²) in [5, 5.41) is 3.57. The molecule has 0 fully saturated rings. The second kappa shape index (κ2) is 10.2. The zero-order chi connectivity index (χ0) is 21.5. The van der Waals surface area contributed by atoms with E-state index in [1.807, 2.05) is 48.0 Å². The molecule has 30 heavy (non-hydrogen) atoms. The molecule has 0 radical (unpaired) electrons. The highest BCUT2D eigenvalue weighted by atomic mass is 79.9. The average molecular weight is 489 g/mol. The minimum absolute atomic E-state index is 0.0212. The Morgan fingerprint density at radius 3 is 2.73 bits per heavy atom. The van der Waals surface area contributed by atoms with E-state index in [1.54, 1.807) is 18.2 Å². The molecule has 7 nitrogen and oxygen atoms in total. The van der Waals surface area contributed by atoms with E-state index in [9.17, 15) is 9.59 Å². The second-order valence-corrected chi connectivity index (χ2v) is 7.77. The summed E-state index contributed by atoms with van der Waals surface area (Å²) in [6.45, 7) is 2.59. The van der Waals surface area contributed by atoms with Gasteiger partial charge in [-0.1, -0.05) is 41.1 Å². The molecule has 1 aromatic heterocycles. The van der Waals surface area contributed by atoms with Gasteiger partial charge in [-0.05, 0) is 54.4 Å². The van der Waals surface area contributed by atoms with Crippen LogP contribution in [0.2, 0.25) is 0 Å². The zero-order valence-electron chi connectivity index (χ0n) is 16.3. The summed E-state index contributed by atoms with van der Waals surface area (Å²) in [5.41, 5.74) is 6.35. The van der Waals surface area contributed by atoms with E-state index >= 15 is 0 Å². The van der Waals surface area contributed by atoms with Crippen molar-refractivity contribution in [3.05, 3.63) is 64.8 Å². The van der Waals surface area contributed by atoms with Gasteiger partial charge in [0.2, 0.25) is 0 Å². The number of carbonyl (C=O) groups is 2. The fourth-order valence-electron chi connectivity index (χ4n) is 2.82. The molecule has 0 saturated heterocycles. The van der Waals surface area contributed by atoms with Gasteiger partial charge in [0.15, 0.2) is 5.11 Å². The van der Waals surface area contributed by atoms with E-state index in [0.29, 0.717) is 17.9 Å². The molecule has 0 unspecified atom stereocenters. The van der Waals surface area contributed by atoms with Crippen LogP contribution in [0.1, 0.15) is 23.7 Å². The fourth-order valence-corrected chi connectivity index (χ4v) is 3.32. The lowest BCUT2D eigenvalue weighted by molar-refractivity contribution is -0.122. The normalized spacial score (nSPS) is 10.5. The molecule has 156 valence electrons. The van der Waals surface area contributed by atoms with Gasteiger partial charge in [-0.25, -0.2) is 0 Å². The molecule has 3 aromatic rings. The van der Waals surface area contributed by atoms with Crippen molar-refractivity contribution in [2.24, 2.45) is 0 Å². The second-order valence-electron chi connectivity index (χ2n) is 6.45. The number of hydrazine groups is 1. The van der Waals surface area contributed by atoms with E-state index in [0.717, 1.165) is 21.8 Å². The third kappa shape index (κ3) is 5.58. The van der Waals surface area contributed by atoms with Gasteiger partial charge in [-0.15, -0.1) is 0 Å². The number of hydrogen-bond donors (Lipinski definition) is 3. The van der Waals surface area contributed by atoms with Gasteiger partial charge in [-0.3, -0.25) is 25.8 Å². The van der Waals surface area contributed by atoms with Gasteiger partial charge in [0, 0.05) is 16.2 Å². The van der Waals surface area contributed by atoms with Crippen molar-refractivity contribution < 1.29 is 14.3 Å². The molecule has 3 rings (SSSR count). The number of nitrogens with one attached hydrogen (secondary N) is 3. The predicted molar refractivity (Wildman–Crippen MR) is 123 cm³/mol. The third-order valence-corrected chi connectivity index (χ3v) is 4.88. The molecule has 0 aliphatic carbocycles. The minimum Gasteiger partial charge on any atom is -0.493 e. The number of thiocarbonyl (C=S) groups is 1. The van der Waals surface area contributed by atoms with Crippen molar-refractivity contribution >= 4 is 56.0 Å². The largest absolute Gasteiger partial charge is 0.493 e. The number of aromatic nitrogens is 1. The quantitative estimate of drug-likeness (QED) is 0.365. The SMILES string of the molecule is CCCOc1ccc(Br)cc1C(=O)NC(=S)NNC(=O)Cn1ccc2ccccc21. The number of para-hydroxylation sites is 1. The van der Waals surface area contributed by atoms with Crippen molar-refractivity contribution in [2.45, 2.75) is 19.9 Å². The third-order valence-electron chi connectivity index (χ3n) is 4.18. The van der Waals surface area contributed by atoms with Gasteiger partial charge >= 0.3 is 0 Å². The van der Waals surface area contributed by atoms with Crippen molar-refractivity contribution in [1.82, 2.24) is 20.7 Å². The van der Waals surface area contributed by atoms with Crippen LogP contribution in [0.4, 0.5) is 0 Å². The van der Waals surface area contributed by atoms with Gasteiger partial charge in [-0.2, -0.15) is 0 Å². The number of hydrogen-bond acceptors (Lipinski definition) is 4. The van der Waals surface area contributed by atoms with Gasteiger partial charge in [0.25, 0.3) is 11.8 Å². The highest BCUT2D eigenvalue weighted by molar-refractivity contribution is 9.10. The Hall–Kier alpha value is -2.91. The zero-order valence-corrected chi connectivity index (χ0v) is 18.7. The van der Waals surface area contributed by atoms with E-state index in [2.05, 4.69) is 32.1 Å². The topological polar surface area (TPSA) is 84.4 Å². The number of carbonyl (C=O) groups excluding carboxylic acids is 2. The maximum Gasteiger partial charge on any atom is 0.261 e. The van der Waals surface area contributed by atoms with Crippen LogP contribution >= 0.6 is 28.1 Å². The maximum atomic E-state index is 12.6. The predicted octanol–water partition coefficient (Wildman–Crippen LogP) is 3.53. The van der Waals surface area contributed by atoms with Crippen LogP contribution < -0.4 is 20.9 Å². The van der Waals surface area contributed by atoms with Crippen LogP contribution in [0.3, 0.4) is 0 Å². The summed E-state index contributed by atoms with van der Waals surface area (Å²) < 4.78 is 8.18. The molecule has 0 atom stereocenters. The first-order valence-electron chi connectivity index (χ1n) is 9.34. The van der Waals surface area contributed by atoms with Crippen molar-refractivity contribution in [3.63, 3.8) is 0 Å². The number of ether oxygens (including phenoxy) is 1.